The van der Waals surface area contributed by atoms with Crippen molar-refractivity contribution in [3.05, 3.63) is 59.0 Å². The molecule has 3 heterocycles. The Morgan fingerprint density at radius 3 is 2.83 bits per heavy atom. The highest BCUT2D eigenvalue weighted by Crippen LogP contribution is 2.68. The molecular weight excluding hydrogens is 438 g/mol. The second kappa shape index (κ2) is 6.94. The van der Waals surface area contributed by atoms with Crippen LogP contribution in [0.25, 0.3) is 16.6 Å². The van der Waals surface area contributed by atoms with Crippen molar-refractivity contribution in [1.29, 1.82) is 0 Å². The molecule has 2 bridgehead atoms. The van der Waals surface area contributed by atoms with E-state index in [9.17, 15) is 10.2 Å². The number of aromatic nitrogens is 2. The van der Waals surface area contributed by atoms with Crippen LogP contribution in [0.3, 0.4) is 0 Å². The van der Waals surface area contributed by atoms with Gasteiger partial charge in [-0.05, 0) is 87.5 Å². The zero-order chi connectivity index (χ0) is 24.3. The van der Waals surface area contributed by atoms with Gasteiger partial charge in [-0.1, -0.05) is 30.7 Å². The fraction of sp³-hybridized carbons (Fsp3) is 0.552. The first-order valence-corrected chi connectivity index (χ1v) is 13.0. The average molecular weight is 474 g/mol. The first kappa shape index (κ1) is 22.0. The number of ether oxygens (including phenoxy) is 1. The summed E-state index contributed by atoms with van der Waals surface area (Å²) in [6, 6.07) is 6.45. The van der Waals surface area contributed by atoms with Crippen molar-refractivity contribution in [2.75, 3.05) is 14.1 Å². The summed E-state index contributed by atoms with van der Waals surface area (Å²) in [5.74, 6) is 0.345. The summed E-state index contributed by atoms with van der Waals surface area (Å²) in [5, 5.41) is 22.1. The fourth-order valence-corrected chi connectivity index (χ4v) is 8.55. The number of aromatic amines is 1. The highest BCUT2D eigenvalue weighted by atomic mass is 16.5. The molecule has 0 radical (unpaired) electrons. The quantitative estimate of drug-likeness (QED) is 0.615. The molecule has 0 amide bonds. The molecule has 3 N–H and O–H groups in total. The Morgan fingerprint density at radius 1 is 1.20 bits per heavy atom. The summed E-state index contributed by atoms with van der Waals surface area (Å²) in [6.45, 7) is 4.67. The second-order valence-electron chi connectivity index (χ2n) is 12.1. The number of allylic oxidation sites excluding steroid dienone is 3. The maximum absolute atomic E-state index is 11.2. The first-order chi connectivity index (χ1) is 16.7. The van der Waals surface area contributed by atoms with Crippen LogP contribution < -0.4 is 0 Å². The van der Waals surface area contributed by atoms with Gasteiger partial charge >= 0.3 is 0 Å². The standard InChI is InChI=1S/C29H35N3O3/c1-16-13-27(2)18(17-5-7-21-22(11-17)31-15-30-21)6-8-24(27)29-10-9-28(35-29)14-23(32(3)4)26(34)25(33)20(28)12-19(16)29/h5-7,11-12,15,23-26,33-34H,8-10,13-14H2,1-4H3,(H,30,31)/t23-,24?,25+,26+,27+,28+,29+/m0/s1. The van der Waals surface area contributed by atoms with Gasteiger partial charge in [-0.15, -0.1) is 0 Å². The summed E-state index contributed by atoms with van der Waals surface area (Å²) < 4.78 is 7.30. The van der Waals surface area contributed by atoms with E-state index >= 15 is 0 Å². The average Bonchev–Trinajstić information content (AvgIpc) is 3.50. The third kappa shape index (κ3) is 2.66. The van der Waals surface area contributed by atoms with Gasteiger partial charge in [-0.3, -0.25) is 0 Å². The highest BCUT2D eigenvalue weighted by Gasteiger charge is 2.68. The Balaban J connectivity index is 1.34. The van der Waals surface area contributed by atoms with Crippen LogP contribution in [0.15, 0.2) is 53.4 Å². The normalized spacial score (nSPS) is 42.1. The van der Waals surface area contributed by atoms with Gasteiger partial charge in [0.05, 0.1) is 34.7 Å². The minimum atomic E-state index is -0.890. The predicted molar refractivity (Wildman–Crippen MR) is 136 cm³/mol. The van der Waals surface area contributed by atoms with Crippen LogP contribution >= 0.6 is 0 Å². The minimum Gasteiger partial charge on any atom is -0.388 e. The van der Waals surface area contributed by atoms with Crippen LogP contribution in [0.5, 0.6) is 0 Å². The van der Waals surface area contributed by atoms with Crippen molar-refractivity contribution < 1.29 is 14.9 Å². The largest absolute Gasteiger partial charge is 0.388 e. The smallest absolute Gasteiger partial charge is 0.105 e. The molecule has 184 valence electrons. The van der Waals surface area contributed by atoms with Gasteiger partial charge in [-0.2, -0.15) is 0 Å². The maximum Gasteiger partial charge on any atom is 0.105 e. The second-order valence-corrected chi connectivity index (χ2v) is 12.1. The summed E-state index contributed by atoms with van der Waals surface area (Å²) >= 11 is 0. The van der Waals surface area contributed by atoms with Gasteiger partial charge < -0.3 is 24.8 Å². The number of aliphatic hydroxyl groups excluding tert-OH is 2. The van der Waals surface area contributed by atoms with E-state index in [0.29, 0.717) is 5.92 Å². The number of hydrogen-bond acceptors (Lipinski definition) is 5. The zero-order valence-electron chi connectivity index (χ0n) is 21.0. The number of aliphatic hydroxyl groups is 2. The van der Waals surface area contributed by atoms with Crippen LogP contribution in [0.2, 0.25) is 0 Å². The van der Waals surface area contributed by atoms with E-state index in [0.717, 1.165) is 48.7 Å². The van der Waals surface area contributed by atoms with Crippen LogP contribution in [0, 0.1) is 11.3 Å². The van der Waals surface area contributed by atoms with E-state index in [4.69, 9.17) is 4.74 Å². The van der Waals surface area contributed by atoms with E-state index < -0.39 is 17.8 Å². The molecule has 3 aliphatic carbocycles. The van der Waals surface area contributed by atoms with E-state index in [1.807, 2.05) is 19.0 Å². The SMILES string of the molecule is CC1=C2C=C3[C@@H](O)[C@H](O)[C@@H](N(C)C)C[C@]34CC[C@]2(O4)C2CC=C(c3ccc4[nH]cnc4c3)[C@@]2(C)C1. The fourth-order valence-electron chi connectivity index (χ4n) is 8.55. The van der Waals surface area contributed by atoms with Crippen molar-refractivity contribution in [3.63, 3.8) is 0 Å². The third-order valence-electron chi connectivity index (χ3n) is 10.1. The van der Waals surface area contributed by atoms with Crippen molar-refractivity contribution in [2.24, 2.45) is 11.3 Å². The van der Waals surface area contributed by atoms with Crippen molar-refractivity contribution >= 4 is 16.6 Å². The van der Waals surface area contributed by atoms with Gasteiger partial charge in [-0.25, -0.2) is 4.98 Å². The molecule has 1 unspecified atom stereocenters. The molecule has 35 heavy (non-hydrogen) atoms. The number of hydrogen-bond donors (Lipinski definition) is 3. The minimum absolute atomic E-state index is 0.0256. The van der Waals surface area contributed by atoms with Gasteiger partial charge in [0, 0.05) is 17.4 Å². The van der Waals surface area contributed by atoms with Crippen LogP contribution in [0.4, 0.5) is 0 Å². The maximum atomic E-state index is 11.2. The summed E-state index contributed by atoms with van der Waals surface area (Å²) in [6.07, 6.45) is 9.28. The molecule has 5 aliphatic rings. The summed E-state index contributed by atoms with van der Waals surface area (Å²) in [7, 11) is 3.96. The molecule has 6 heteroatoms. The number of fused-ring (bicyclic) bond motifs is 2. The Bertz CT molecular complexity index is 1340. The van der Waals surface area contributed by atoms with Gasteiger partial charge in [0.1, 0.15) is 6.10 Å². The topological polar surface area (TPSA) is 81.6 Å². The number of rotatable bonds is 2. The Hall–Kier alpha value is -2.25. The number of H-pyrrole nitrogens is 1. The van der Waals surface area contributed by atoms with Gasteiger partial charge in [0.2, 0.25) is 0 Å². The summed E-state index contributed by atoms with van der Waals surface area (Å²) in [4.78, 5) is 9.74. The van der Waals surface area contributed by atoms with E-state index in [2.05, 4.69) is 54.2 Å². The molecule has 1 aromatic carbocycles. The number of likely N-dealkylation sites (N-methyl/N-ethyl adjacent to an activating group) is 1. The van der Waals surface area contributed by atoms with E-state index in [-0.39, 0.29) is 17.1 Å². The van der Waals surface area contributed by atoms with Crippen LogP contribution in [0.1, 0.15) is 51.5 Å². The van der Waals surface area contributed by atoms with Gasteiger partial charge in [0.15, 0.2) is 0 Å². The number of nitrogens with one attached hydrogen (secondary N) is 1. The molecule has 2 fully saturated rings. The van der Waals surface area contributed by atoms with E-state index in [1.165, 1.54) is 22.3 Å². The third-order valence-corrected chi connectivity index (χ3v) is 10.1. The lowest BCUT2D eigenvalue weighted by atomic mass is 9.56. The lowest BCUT2D eigenvalue weighted by Gasteiger charge is -2.56. The molecule has 7 atom stereocenters. The van der Waals surface area contributed by atoms with Crippen molar-refractivity contribution in [3.8, 4) is 0 Å². The van der Waals surface area contributed by atoms with Crippen molar-refractivity contribution in [2.45, 2.75) is 75.4 Å². The Labute approximate surface area is 206 Å². The zero-order valence-corrected chi connectivity index (χ0v) is 21.0. The van der Waals surface area contributed by atoms with Crippen LogP contribution in [-0.2, 0) is 4.74 Å². The molecule has 6 nitrogen and oxygen atoms in total. The lowest BCUT2D eigenvalue weighted by Crippen LogP contribution is -2.62. The summed E-state index contributed by atoms with van der Waals surface area (Å²) in [5.41, 5.74) is 7.37. The monoisotopic (exact) mass is 473 g/mol. The number of nitrogens with zero attached hydrogens (tertiary/aromatic N) is 2. The molecule has 1 aromatic heterocycles. The van der Waals surface area contributed by atoms with E-state index in [1.54, 1.807) is 6.33 Å². The molecule has 2 spiro atoms. The first-order valence-electron chi connectivity index (χ1n) is 13.0. The molecular formula is C29H35N3O3. The highest BCUT2D eigenvalue weighted by molar-refractivity contribution is 5.83. The Morgan fingerprint density at radius 2 is 2.03 bits per heavy atom. The van der Waals surface area contributed by atoms with Gasteiger partial charge in [0.25, 0.3) is 0 Å². The molecule has 2 aromatic rings. The molecule has 2 aliphatic heterocycles. The van der Waals surface area contributed by atoms with Crippen molar-refractivity contribution in [1.82, 2.24) is 14.9 Å². The molecule has 1 saturated carbocycles. The van der Waals surface area contributed by atoms with Crippen LogP contribution in [-0.4, -0.2) is 68.6 Å². The lowest BCUT2D eigenvalue weighted by molar-refractivity contribution is -0.162. The Kier molecular flexibility index (Phi) is 4.36. The molecule has 7 rings (SSSR count). The number of imidazole rings is 1. The number of benzene rings is 1. The predicted octanol–water partition coefficient (Wildman–Crippen LogP) is 3.98. The molecule has 1 saturated heterocycles.